The monoisotopic (exact) mass is 274 g/mol. The topological polar surface area (TPSA) is 20.2 Å². The maximum Gasteiger partial charge on any atom is 0.123 e. The van der Waals surface area contributed by atoms with Crippen LogP contribution in [-0.4, -0.2) is 18.0 Å². The third-order valence-corrected chi connectivity index (χ3v) is 7.40. The van der Waals surface area contributed by atoms with Crippen LogP contribution in [0, 0.1) is 5.82 Å². The second kappa shape index (κ2) is 4.51. The number of aliphatic hydroxyl groups excluding tert-OH is 1. The molecule has 1 heterocycles. The molecule has 0 saturated carbocycles. The summed E-state index contributed by atoms with van der Waals surface area (Å²) in [4.78, 5) is 3.35. The van der Waals surface area contributed by atoms with Gasteiger partial charge in [0.2, 0.25) is 0 Å². The van der Waals surface area contributed by atoms with Crippen molar-refractivity contribution in [2.45, 2.75) is 9.79 Å². The number of halogens is 1. The van der Waals surface area contributed by atoms with Gasteiger partial charge in [0.1, 0.15) is 5.82 Å². The van der Waals surface area contributed by atoms with Gasteiger partial charge in [-0.15, -0.1) is 0 Å². The highest BCUT2D eigenvalue weighted by Crippen LogP contribution is 2.69. The van der Waals surface area contributed by atoms with Gasteiger partial charge < -0.3 is 5.11 Å². The lowest BCUT2D eigenvalue weighted by molar-refractivity contribution is 0.340. The predicted octanol–water partition coefficient (Wildman–Crippen LogP) is 4.02. The maximum absolute atomic E-state index is 13.1. The van der Waals surface area contributed by atoms with Gasteiger partial charge in [0.25, 0.3) is 0 Å². The van der Waals surface area contributed by atoms with E-state index in [0.717, 1.165) is 15.4 Å². The van der Waals surface area contributed by atoms with Crippen molar-refractivity contribution in [1.29, 1.82) is 0 Å². The van der Waals surface area contributed by atoms with Crippen LogP contribution in [0.15, 0.2) is 63.2 Å². The molecule has 98 valence electrons. The fourth-order valence-electron chi connectivity index (χ4n) is 2.56. The molecule has 0 aromatic heterocycles. The molecule has 1 aliphatic heterocycles. The molecule has 3 heteroatoms. The molecule has 1 nitrogen and oxygen atoms in total. The Morgan fingerprint density at radius 2 is 1.74 bits per heavy atom. The summed E-state index contributed by atoms with van der Waals surface area (Å²) in [6.45, 7) is 0.0396. The average Bonchev–Trinajstić information content (AvgIpc) is 2.74. The maximum atomic E-state index is 13.1. The molecule has 3 rings (SSSR count). The molecule has 19 heavy (non-hydrogen) atoms. The zero-order valence-corrected chi connectivity index (χ0v) is 11.5. The molecule has 0 aliphatic carbocycles. The summed E-state index contributed by atoms with van der Waals surface area (Å²) in [6, 6.07) is 14.8. The van der Waals surface area contributed by atoms with Gasteiger partial charge in [-0.1, -0.05) is 18.2 Å². The lowest BCUT2D eigenvalue weighted by Crippen LogP contribution is -2.03. The summed E-state index contributed by atoms with van der Waals surface area (Å²) in [5.41, 5.74) is 1.16. The number of hydrogen-bond donors (Lipinski definition) is 1. The highest BCUT2D eigenvalue weighted by molar-refractivity contribution is 8.36. The molecule has 2 aromatic rings. The van der Waals surface area contributed by atoms with Crippen molar-refractivity contribution in [3.8, 4) is 0 Å². The van der Waals surface area contributed by atoms with E-state index < -0.39 is 10.0 Å². The zero-order valence-electron chi connectivity index (χ0n) is 10.6. The number of aliphatic hydroxyl groups is 1. The molecule has 1 atom stereocenters. The fraction of sp³-hybridized carbons (Fsp3) is 0.125. The summed E-state index contributed by atoms with van der Waals surface area (Å²) in [7, 11) is -1.40. The summed E-state index contributed by atoms with van der Waals surface area (Å²) >= 11 is 0. The second-order valence-electron chi connectivity index (χ2n) is 4.68. The molecule has 1 N–H and O–H groups in total. The third kappa shape index (κ3) is 1.81. The van der Waals surface area contributed by atoms with Crippen LogP contribution in [0.25, 0.3) is 6.08 Å². The molecular formula is C16H15FOS. The first kappa shape index (κ1) is 12.5. The highest BCUT2D eigenvalue weighted by atomic mass is 32.3. The van der Waals surface area contributed by atoms with E-state index in [0.29, 0.717) is 0 Å². The summed E-state index contributed by atoms with van der Waals surface area (Å²) in [5.74, 6) is -0.229. The van der Waals surface area contributed by atoms with Gasteiger partial charge in [0.05, 0.1) is 6.61 Å². The van der Waals surface area contributed by atoms with Crippen LogP contribution in [-0.2, 0) is 0 Å². The Labute approximate surface area is 113 Å². The average molecular weight is 274 g/mol. The van der Waals surface area contributed by atoms with E-state index >= 15 is 0 Å². The second-order valence-corrected chi connectivity index (χ2v) is 7.95. The smallest absolute Gasteiger partial charge is 0.123 e. The minimum atomic E-state index is -1.40. The largest absolute Gasteiger partial charge is 0.391 e. The van der Waals surface area contributed by atoms with Crippen LogP contribution in [0.1, 0.15) is 5.56 Å². The van der Waals surface area contributed by atoms with Crippen molar-refractivity contribution in [3.63, 3.8) is 0 Å². The van der Waals surface area contributed by atoms with E-state index in [9.17, 15) is 9.50 Å². The van der Waals surface area contributed by atoms with Gasteiger partial charge >= 0.3 is 0 Å². The fourth-order valence-corrected chi connectivity index (χ4v) is 5.65. The number of hydrogen-bond acceptors (Lipinski definition) is 1. The zero-order chi connectivity index (χ0) is 13.5. The number of rotatable bonds is 2. The summed E-state index contributed by atoms with van der Waals surface area (Å²) in [5, 5.41) is 9.67. The highest BCUT2D eigenvalue weighted by Gasteiger charge is 2.33. The Hall–Kier alpha value is -1.58. The lowest BCUT2D eigenvalue weighted by atomic mass is 10.2. The van der Waals surface area contributed by atoms with Gasteiger partial charge in [-0.2, -0.15) is 10.0 Å². The Morgan fingerprint density at radius 3 is 2.42 bits per heavy atom. The molecule has 0 bridgehead atoms. The van der Waals surface area contributed by atoms with Crippen molar-refractivity contribution in [3.05, 3.63) is 64.8 Å². The summed E-state index contributed by atoms with van der Waals surface area (Å²) in [6.07, 6.45) is 4.22. The first-order chi connectivity index (χ1) is 9.16. The molecule has 0 amide bonds. The van der Waals surface area contributed by atoms with Crippen molar-refractivity contribution < 1.29 is 9.50 Å². The quantitative estimate of drug-likeness (QED) is 0.876. The Balaban J connectivity index is 2.21. The van der Waals surface area contributed by atoms with Gasteiger partial charge in [-0.3, -0.25) is 0 Å². The molecule has 0 spiro atoms. The van der Waals surface area contributed by atoms with Crippen molar-refractivity contribution >= 4 is 16.1 Å². The molecule has 1 aliphatic rings. The van der Waals surface area contributed by atoms with Gasteiger partial charge in [-0.05, 0) is 53.1 Å². The van der Waals surface area contributed by atoms with Gasteiger partial charge in [0.15, 0.2) is 0 Å². The van der Waals surface area contributed by atoms with Gasteiger partial charge in [-0.25, -0.2) is 4.39 Å². The number of benzene rings is 2. The normalized spacial score (nSPS) is 21.1. The van der Waals surface area contributed by atoms with Crippen LogP contribution in [0.3, 0.4) is 0 Å². The van der Waals surface area contributed by atoms with E-state index in [1.54, 1.807) is 0 Å². The van der Waals surface area contributed by atoms with E-state index in [2.05, 4.69) is 24.5 Å². The van der Waals surface area contributed by atoms with E-state index in [1.165, 1.54) is 17.0 Å². The summed E-state index contributed by atoms with van der Waals surface area (Å²) < 4.78 is 13.1. The first-order valence-electron chi connectivity index (χ1n) is 6.11. The Bertz CT molecular complexity index is 648. The minimum Gasteiger partial charge on any atom is -0.391 e. The van der Waals surface area contributed by atoms with Crippen LogP contribution in [0.5, 0.6) is 0 Å². The van der Waals surface area contributed by atoms with E-state index in [1.807, 2.05) is 24.3 Å². The number of fused-ring (bicyclic) bond motifs is 1. The standard InChI is InChI=1S/C16H15FOS/c1-19(14-8-6-13(17)7-9-14)15(11-18)10-12-4-2-3-5-16(12)19/h2-10,18H,11H2,1H3. The third-order valence-electron chi connectivity index (χ3n) is 3.64. The van der Waals surface area contributed by atoms with E-state index in [-0.39, 0.29) is 12.4 Å². The van der Waals surface area contributed by atoms with Crippen LogP contribution < -0.4 is 0 Å². The Kier molecular flexibility index (Phi) is 2.96. The van der Waals surface area contributed by atoms with Crippen LogP contribution in [0.4, 0.5) is 4.39 Å². The molecular weight excluding hydrogens is 259 g/mol. The Morgan fingerprint density at radius 1 is 1.05 bits per heavy atom. The molecule has 2 aromatic carbocycles. The molecule has 0 fully saturated rings. The molecule has 0 unspecified atom stereocenters. The van der Waals surface area contributed by atoms with Gasteiger partial charge in [0, 0.05) is 9.80 Å². The van der Waals surface area contributed by atoms with Crippen LogP contribution in [0.2, 0.25) is 0 Å². The SMILES string of the molecule is C[S@]1(c2ccc(F)cc2)C(CO)=Cc2ccccc21. The van der Waals surface area contributed by atoms with Crippen molar-refractivity contribution in [2.24, 2.45) is 0 Å². The van der Waals surface area contributed by atoms with Crippen LogP contribution >= 0.6 is 10.0 Å². The van der Waals surface area contributed by atoms with Crippen molar-refractivity contribution in [1.82, 2.24) is 0 Å². The van der Waals surface area contributed by atoms with E-state index in [4.69, 9.17) is 0 Å². The predicted molar refractivity (Wildman–Crippen MR) is 78.0 cm³/mol. The lowest BCUT2D eigenvalue weighted by Gasteiger charge is -2.35. The molecule has 0 saturated heterocycles. The molecule has 0 radical (unpaired) electrons. The first-order valence-corrected chi connectivity index (χ1v) is 8.15. The van der Waals surface area contributed by atoms with Crippen molar-refractivity contribution in [2.75, 3.05) is 12.9 Å². The minimum absolute atomic E-state index is 0.0396.